The third kappa shape index (κ3) is 1.77. The van der Waals surface area contributed by atoms with Gasteiger partial charge in [0.25, 0.3) is 0 Å². The molecule has 0 unspecified atom stereocenters. The predicted molar refractivity (Wildman–Crippen MR) is 45.1 cm³/mol. The van der Waals surface area contributed by atoms with Crippen molar-refractivity contribution in [2.24, 2.45) is 0 Å². The highest BCUT2D eigenvalue weighted by molar-refractivity contribution is 5.20. The first-order chi connectivity index (χ1) is 5.95. The highest BCUT2D eigenvalue weighted by Gasteiger charge is 2.16. The average molecular weight is 163 g/mol. The van der Waals surface area contributed by atoms with E-state index in [2.05, 4.69) is 6.07 Å². The fraction of sp³-hybridized carbons (Fsp3) is 0.400. The second-order valence-corrected chi connectivity index (χ2v) is 2.84. The molecule has 0 aromatic heterocycles. The van der Waals surface area contributed by atoms with Crippen molar-refractivity contribution in [3.05, 3.63) is 30.3 Å². The van der Waals surface area contributed by atoms with Crippen LogP contribution in [0.25, 0.3) is 0 Å². The molecule has 1 aromatic carbocycles. The van der Waals surface area contributed by atoms with Crippen LogP contribution in [0.1, 0.15) is 6.42 Å². The molecule has 1 atom stereocenters. The van der Waals surface area contributed by atoms with Crippen LogP contribution in [-0.4, -0.2) is 19.3 Å². The van der Waals surface area contributed by atoms with Crippen LogP contribution in [0.15, 0.2) is 24.3 Å². The van der Waals surface area contributed by atoms with Crippen LogP contribution in [0, 0.1) is 6.07 Å². The summed E-state index contributed by atoms with van der Waals surface area (Å²) >= 11 is 0. The van der Waals surface area contributed by atoms with Gasteiger partial charge in [0.2, 0.25) is 0 Å². The molecule has 1 saturated heterocycles. The van der Waals surface area contributed by atoms with Crippen LogP contribution in [0.2, 0.25) is 0 Å². The standard InChI is InChI=1S/C10H11O2/c1-2-4-9(5-3-1)12-10-6-7-11-8-10/h1-2,4-5,10H,6-8H2/t10-/m0/s1. The van der Waals surface area contributed by atoms with Gasteiger partial charge in [-0.15, -0.1) is 0 Å². The van der Waals surface area contributed by atoms with Crippen molar-refractivity contribution in [1.82, 2.24) is 0 Å². The number of hydrogen-bond acceptors (Lipinski definition) is 2. The van der Waals surface area contributed by atoms with Gasteiger partial charge in [0.05, 0.1) is 13.2 Å². The van der Waals surface area contributed by atoms with Gasteiger partial charge in [-0.3, -0.25) is 0 Å². The first-order valence-corrected chi connectivity index (χ1v) is 4.16. The molecule has 1 aliphatic rings. The van der Waals surface area contributed by atoms with E-state index in [1.165, 1.54) is 0 Å². The molecule has 0 N–H and O–H groups in total. The van der Waals surface area contributed by atoms with E-state index >= 15 is 0 Å². The van der Waals surface area contributed by atoms with E-state index in [1.54, 1.807) is 0 Å². The van der Waals surface area contributed by atoms with E-state index in [4.69, 9.17) is 9.47 Å². The topological polar surface area (TPSA) is 18.5 Å². The minimum Gasteiger partial charge on any atom is -0.488 e. The SMILES string of the molecule is [c]1cccc(O[C@H]2CCOC2)c1. The Morgan fingerprint density at radius 3 is 3.25 bits per heavy atom. The molecule has 12 heavy (non-hydrogen) atoms. The molecule has 1 radical (unpaired) electrons. The molecule has 2 nitrogen and oxygen atoms in total. The van der Waals surface area contributed by atoms with Crippen LogP contribution < -0.4 is 4.74 Å². The van der Waals surface area contributed by atoms with Gasteiger partial charge in [-0.25, -0.2) is 0 Å². The van der Waals surface area contributed by atoms with Gasteiger partial charge in [-0.2, -0.15) is 0 Å². The van der Waals surface area contributed by atoms with E-state index in [0.717, 1.165) is 25.4 Å². The largest absolute Gasteiger partial charge is 0.488 e. The number of hydrogen-bond donors (Lipinski definition) is 0. The Bertz CT molecular complexity index is 227. The molecule has 63 valence electrons. The molecule has 0 bridgehead atoms. The maximum Gasteiger partial charge on any atom is 0.124 e. The second kappa shape index (κ2) is 3.59. The first kappa shape index (κ1) is 7.62. The maximum absolute atomic E-state index is 5.62. The van der Waals surface area contributed by atoms with Gasteiger partial charge < -0.3 is 9.47 Å². The second-order valence-electron chi connectivity index (χ2n) is 2.84. The van der Waals surface area contributed by atoms with Crippen molar-refractivity contribution in [3.63, 3.8) is 0 Å². The normalized spacial score (nSPS) is 22.5. The average Bonchev–Trinajstić information content (AvgIpc) is 2.59. The lowest BCUT2D eigenvalue weighted by molar-refractivity contribution is 0.141. The Hall–Kier alpha value is -1.02. The summed E-state index contributed by atoms with van der Waals surface area (Å²) in [5, 5.41) is 0. The summed E-state index contributed by atoms with van der Waals surface area (Å²) in [6, 6.07) is 10.5. The number of rotatable bonds is 2. The molecule has 0 amide bonds. The Morgan fingerprint density at radius 1 is 1.58 bits per heavy atom. The van der Waals surface area contributed by atoms with Crippen LogP contribution in [0.4, 0.5) is 0 Å². The maximum atomic E-state index is 5.62. The van der Waals surface area contributed by atoms with Crippen molar-refractivity contribution in [1.29, 1.82) is 0 Å². The zero-order valence-electron chi connectivity index (χ0n) is 6.82. The molecule has 0 spiro atoms. The Morgan fingerprint density at radius 2 is 2.58 bits per heavy atom. The minimum atomic E-state index is 0.237. The van der Waals surface area contributed by atoms with Crippen molar-refractivity contribution in [2.75, 3.05) is 13.2 Å². The van der Waals surface area contributed by atoms with Gasteiger partial charge in [-0.05, 0) is 18.2 Å². The van der Waals surface area contributed by atoms with Crippen molar-refractivity contribution in [3.8, 4) is 5.75 Å². The number of ether oxygens (including phenoxy) is 2. The van der Waals surface area contributed by atoms with E-state index in [9.17, 15) is 0 Å². The lowest BCUT2D eigenvalue weighted by atomic mass is 10.3. The van der Waals surface area contributed by atoms with Gasteiger partial charge in [0.15, 0.2) is 0 Å². The fourth-order valence-electron chi connectivity index (χ4n) is 1.25. The highest BCUT2D eigenvalue weighted by Crippen LogP contribution is 2.15. The molecule has 1 aromatic rings. The lowest BCUT2D eigenvalue weighted by Crippen LogP contribution is -2.15. The van der Waals surface area contributed by atoms with Crippen LogP contribution in [0.3, 0.4) is 0 Å². The molecule has 2 rings (SSSR count). The van der Waals surface area contributed by atoms with Crippen LogP contribution in [0.5, 0.6) is 5.75 Å². The van der Waals surface area contributed by atoms with E-state index in [-0.39, 0.29) is 6.10 Å². The Labute approximate surface area is 72.1 Å². The zero-order chi connectivity index (χ0) is 8.23. The van der Waals surface area contributed by atoms with Crippen LogP contribution in [-0.2, 0) is 4.74 Å². The van der Waals surface area contributed by atoms with Gasteiger partial charge in [-0.1, -0.05) is 12.1 Å². The highest BCUT2D eigenvalue weighted by atomic mass is 16.5. The van der Waals surface area contributed by atoms with E-state index < -0.39 is 0 Å². The van der Waals surface area contributed by atoms with Crippen molar-refractivity contribution >= 4 is 0 Å². The molecule has 0 saturated carbocycles. The molecule has 2 heteroatoms. The molecule has 1 aliphatic heterocycles. The molecule has 0 aliphatic carbocycles. The summed E-state index contributed by atoms with van der Waals surface area (Å²) in [7, 11) is 0. The monoisotopic (exact) mass is 163 g/mol. The van der Waals surface area contributed by atoms with E-state index in [0.29, 0.717) is 0 Å². The third-order valence-corrected chi connectivity index (χ3v) is 1.87. The summed E-state index contributed by atoms with van der Waals surface area (Å²) in [6.45, 7) is 1.54. The quantitative estimate of drug-likeness (QED) is 0.660. The molecular formula is C10H11O2. The third-order valence-electron chi connectivity index (χ3n) is 1.87. The predicted octanol–water partition coefficient (Wildman–Crippen LogP) is 1.65. The number of benzene rings is 1. The molecule has 1 heterocycles. The smallest absolute Gasteiger partial charge is 0.124 e. The summed E-state index contributed by atoms with van der Waals surface area (Å²) < 4.78 is 10.8. The fourth-order valence-corrected chi connectivity index (χ4v) is 1.25. The zero-order valence-corrected chi connectivity index (χ0v) is 6.82. The van der Waals surface area contributed by atoms with Crippen LogP contribution >= 0.6 is 0 Å². The summed E-state index contributed by atoms with van der Waals surface area (Å²) in [5.41, 5.74) is 0. The van der Waals surface area contributed by atoms with E-state index in [1.807, 2.05) is 24.3 Å². The van der Waals surface area contributed by atoms with Crippen molar-refractivity contribution in [2.45, 2.75) is 12.5 Å². The summed E-state index contributed by atoms with van der Waals surface area (Å²) in [5.74, 6) is 0.882. The van der Waals surface area contributed by atoms with Crippen molar-refractivity contribution < 1.29 is 9.47 Å². The van der Waals surface area contributed by atoms with Gasteiger partial charge >= 0.3 is 0 Å². The first-order valence-electron chi connectivity index (χ1n) is 4.16. The molecular weight excluding hydrogens is 152 g/mol. The summed E-state index contributed by atoms with van der Waals surface area (Å²) in [6.07, 6.45) is 1.23. The van der Waals surface area contributed by atoms with Gasteiger partial charge in [0, 0.05) is 6.42 Å². The Kier molecular flexibility index (Phi) is 2.28. The summed E-state index contributed by atoms with van der Waals surface area (Å²) in [4.78, 5) is 0. The Balaban J connectivity index is 1.94. The molecule has 1 fully saturated rings. The lowest BCUT2D eigenvalue weighted by Gasteiger charge is -2.10. The minimum absolute atomic E-state index is 0.237. The van der Waals surface area contributed by atoms with Gasteiger partial charge in [0.1, 0.15) is 11.9 Å².